The third-order valence-electron chi connectivity index (χ3n) is 3.03. The Kier molecular flexibility index (Phi) is 4.85. The van der Waals surface area contributed by atoms with Crippen molar-refractivity contribution in [1.82, 2.24) is 0 Å². The molecule has 0 heterocycles. The lowest BCUT2D eigenvalue weighted by Gasteiger charge is -2.15. The van der Waals surface area contributed by atoms with Crippen molar-refractivity contribution >= 4 is 0 Å². The molecule has 0 saturated carbocycles. The van der Waals surface area contributed by atoms with Crippen molar-refractivity contribution in [1.29, 1.82) is 0 Å². The first-order chi connectivity index (χ1) is 9.98. The second-order valence-electron chi connectivity index (χ2n) is 4.56. The predicted molar refractivity (Wildman–Crippen MR) is 73.0 cm³/mol. The molecule has 2 aromatic rings. The van der Waals surface area contributed by atoms with Crippen LogP contribution in [0.1, 0.15) is 23.7 Å². The zero-order chi connectivity index (χ0) is 15.3. The topological polar surface area (TPSA) is 29.5 Å². The number of para-hydroxylation sites is 1. The molecule has 0 amide bonds. The normalized spacial score (nSPS) is 13.0. The van der Waals surface area contributed by atoms with Crippen LogP contribution < -0.4 is 4.74 Å². The molecule has 112 valence electrons. The molecule has 0 bridgehead atoms. The largest absolute Gasteiger partial charge is 0.493 e. The average molecular weight is 296 g/mol. The highest BCUT2D eigenvalue weighted by Crippen LogP contribution is 2.36. The molecule has 21 heavy (non-hydrogen) atoms. The molecule has 0 aliphatic heterocycles. The molecule has 0 aliphatic carbocycles. The van der Waals surface area contributed by atoms with Gasteiger partial charge in [0.2, 0.25) is 0 Å². The molecule has 1 unspecified atom stereocenters. The lowest BCUT2D eigenvalue weighted by Crippen LogP contribution is -2.10. The highest BCUT2D eigenvalue weighted by molar-refractivity contribution is 5.35. The lowest BCUT2D eigenvalue weighted by atomic mass is 10.1. The minimum atomic E-state index is -4.45. The number of benzene rings is 2. The van der Waals surface area contributed by atoms with E-state index in [0.29, 0.717) is 5.56 Å². The summed E-state index contributed by atoms with van der Waals surface area (Å²) in [6.45, 7) is 0.00313. The number of hydrogen-bond acceptors (Lipinski definition) is 2. The van der Waals surface area contributed by atoms with E-state index in [0.717, 1.165) is 6.07 Å². The van der Waals surface area contributed by atoms with Gasteiger partial charge >= 0.3 is 6.18 Å². The minimum absolute atomic E-state index is 0.00313. The maximum atomic E-state index is 12.8. The van der Waals surface area contributed by atoms with E-state index in [1.807, 2.05) is 6.07 Å². The lowest BCUT2D eigenvalue weighted by molar-refractivity contribution is -0.139. The van der Waals surface area contributed by atoms with Crippen LogP contribution in [0.25, 0.3) is 0 Å². The number of aliphatic hydroxyl groups excluding tert-OH is 1. The van der Waals surface area contributed by atoms with Crippen LogP contribution in [0.2, 0.25) is 0 Å². The van der Waals surface area contributed by atoms with Crippen LogP contribution in [0.5, 0.6) is 5.75 Å². The quantitative estimate of drug-likeness (QED) is 0.895. The second kappa shape index (κ2) is 6.63. The van der Waals surface area contributed by atoms with Gasteiger partial charge in [0, 0.05) is 6.42 Å². The van der Waals surface area contributed by atoms with Crippen molar-refractivity contribution in [3.8, 4) is 5.75 Å². The van der Waals surface area contributed by atoms with Gasteiger partial charge in [-0.25, -0.2) is 0 Å². The Morgan fingerprint density at radius 1 is 0.952 bits per heavy atom. The Balaban J connectivity index is 1.95. The fourth-order valence-electron chi connectivity index (χ4n) is 1.95. The number of rotatable bonds is 5. The predicted octanol–water partition coefficient (Wildman–Crippen LogP) is 4.21. The smallest absolute Gasteiger partial charge is 0.419 e. The molecular weight excluding hydrogens is 281 g/mol. The maximum Gasteiger partial charge on any atom is 0.419 e. The second-order valence-corrected chi connectivity index (χ2v) is 4.56. The van der Waals surface area contributed by atoms with Gasteiger partial charge in [-0.2, -0.15) is 13.2 Å². The van der Waals surface area contributed by atoms with Gasteiger partial charge in [0.1, 0.15) is 5.75 Å². The van der Waals surface area contributed by atoms with Gasteiger partial charge in [-0.1, -0.05) is 42.5 Å². The fraction of sp³-hybridized carbons (Fsp3) is 0.250. The molecule has 2 nitrogen and oxygen atoms in total. The minimum Gasteiger partial charge on any atom is -0.493 e. The number of alkyl halides is 3. The Morgan fingerprint density at radius 2 is 1.57 bits per heavy atom. The Hall–Kier alpha value is -2.01. The van der Waals surface area contributed by atoms with E-state index < -0.39 is 17.8 Å². The van der Waals surface area contributed by atoms with Gasteiger partial charge in [0.25, 0.3) is 0 Å². The SMILES string of the molecule is OC(CCOc1ccccc1C(F)(F)F)c1ccccc1. The number of aliphatic hydroxyl groups is 1. The highest BCUT2D eigenvalue weighted by Gasteiger charge is 2.33. The molecule has 0 aromatic heterocycles. The summed E-state index contributed by atoms with van der Waals surface area (Å²) in [5.41, 5.74) is -0.0931. The van der Waals surface area contributed by atoms with Crippen molar-refractivity contribution in [3.63, 3.8) is 0 Å². The van der Waals surface area contributed by atoms with Crippen LogP contribution in [0.4, 0.5) is 13.2 Å². The third kappa shape index (κ3) is 4.23. The van der Waals surface area contributed by atoms with Gasteiger partial charge in [-0.3, -0.25) is 0 Å². The first-order valence-electron chi connectivity index (χ1n) is 6.50. The molecule has 2 rings (SSSR count). The van der Waals surface area contributed by atoms with E-state index in [9.17, 15) is 18.3 Å². The van der Waals surface area contributed by atoms with E-state index in [1.165, 1.54) is 18.2 Å². The van der Waals surface area contributed by atoms with Crippen LogP contribution in [0, 0.1) is 0 Å². The van der Waals surface area contributed by atoms with E-state index in [4.69, 9.17) is 4.74 Å². The molecule has 2 aromatic carbocycles. The molecule has 5 heteroatoms. The van der Waals surface area contributed by atoms with Gasteiger partial charge in [0.05, 0.1) is 18.3 Å². The van der Waals surface area contributed by atoms with Gasteiger partial charge in [-0.05, 0) is 17.7 Å². The summed E-state index contributed by atoms with van der Waals surface area (Å²) >= 11 is 0. The Bertz CT molecular complexity index is 567. The summed E-state index contributed by atoms with van der Waals surface area (Å²) in [4.78, 5) is 0. The number of hydrogen-bond donors (Lipinski definition) is 1. The van der Waals surface area contributed by atoms with Crippen LogP contribution in [0.3, 0.4) is 0 Å². The summed E-state index contributed by atoms with van der Waals surface area (Å²) < 4.78 is 43.5. The van der Waals surface area contributed by atoms with Gasteiger partial charge < -0.3 is 9.84 Å². The maximum absolute atomic E-state index is 12.8. The zero-order valence-electron chi connectivity index (χ0n) is 11.2. The van der Waals surface area contributed by atoms with Crippen LogP contribution in [-0.2, 0) is 6.18 Å². The van der Waals surface area contributed by atoms with E-state index in [1.54, 1.807) is 24.3 Å². The summed E-state index contributed by atoms with van der Waals surface area (Å²) in [6.07, 6.45) is -4.99. The van der Waals surface area contributed by atoms with Crippen LogP contribution in [0.15, 0.2) is 54.6 Å². The molecule has 0 spiro atoms. The van der Waals surface area contributed by atoms with Gasteiger partial charge in [0.15, 0.2) is 0 Å². The van der Waals surface area contributed by atoms with Crippen molar-refractivity contribution < 1.29 is 23.0 Å². The third-order valence-corrected chi connectivity index (χ3v) is 3.03. The highest BCUT2D eigenvalue weighted by atomic mass is 19.4. The van der Waals surface area contributed by atoms with Gasteiger partial charge in [-0.15, -0.1) is 0 Å². The Morgan fingerprint density at radius 3 is 2.24 bits per heavy atom. The molecule has 0 fully saturated rings. The summed E-state index contributed by atoms with van der Waals surface area (Å²) in [5, 5.41) is 9.93. The summed E-state index contributed by atoms with van der Waals surface area (Å²) in [6, 6.07) is 14.0. The average Bonchev–Trinajstić information content (AvgIpc) is 2.47. The van der Waals surface area contributed by atoms with E-state index in [2.05, 4.69) is 0 Å². The molecule has 0 radical (unpaired) electrons. The van der Waals surface area contributed by atoms with Crippen LogP contribution in [-0.4, -0.2) is 11.7 Å². The number of ether oxygens (including phenoxy) is 1. The van der Waals surface area contributed by atoms with Crippen molar-refractivity contribution in [2.75, 3.05) is 6.61 Å². The summed E-state index contributed by atoms with van der Waals surface area (Å²) in [7, 11) is 0. The molecule has 1 atom stereocenters. The Labute approximate surface area is 120 Å². The summed E-state index contributed by atoms with van der Waals surface area (Å²) in [5.74, 6) is -0.217. The van der Waals surface area contributed by atoms with Crippen molar-refractivity contribution in [2.24, 2.45) is 0 Å². The van der Waals surface area contributed by atoms with Crippen LogP contribution >= 0.6 is 0 Å². The first-order valence-corrected chi connectivity index (χ1v) is 6.50. The standard InChI is InChI=1S/C16H15F3O2/c17-16(18,19)13-8-4-5-9-15(13)21-11-10-14(20)12-6-2-1-3-7-12/h1-9,14,20H,10-11H2. The van der Waals surface area contributed by atoms with Crippen molar-refractivity contribution in [2.45, 2.75) is 18.7 Å². The monoisotopic (exact) mass is 296 g/mol. The van der Waals surface area contributed by atoms with Crippen molar-refractivity contribution in [3.05, 3.63) is 65.7 Å². The number of halogens is 3. The molecular formula is C16H15F3O2. The zero-order valence-corrected chi connectivity index (χ0v) is 11.2. The fourth-order valence-corrected chi connectivity index (χ4v) is 1.95. The first kappa shape index (κ1) is 15.4. The van der Waals surface area contributed by atoms with E-state index >= 15 is 0 Å². The molecule has 0 aliphatic rings. The molecule has 0 saturated heterocycles. The van der Waals surface area contributed by atoms with E-state index in [-0.39, 0.29) is 18.8 Å². The molecule has 1 N–H and O–H groups in total.